The zero-order chi connectivity index (χ0) is 20.5. The number of benzene rings is 2. The van der Waals surface area contributed by atoms with Gasteiger partial charge in [-0.25, -0.2) is 9.37 Å². The Labute approximate surface area is 173 Å². The van der Waals surface area contributed by atoms with Crippen LogP contribution in [0, 0.1) is 5.82 Å². The first kappa shape index (κ1) is 18.8. The van der Waals surface area contributed by atoms with Crippen molar-refractivity contribution in [1.29, 1.82) is 0 Å². The van der Waals surface area contributed by atoms with Crippen molar-refractivity contribution >= 4 is 0 Å². The summed E-state index contributed by atoms with van der Waals surface area (Å²) >= 11 is 0. The van der Waals surface area contributed by atoms with Gasteiger partial charge in [0.15, 0.2) is 0 Å². The molecule has 1 aromatic heterocycles. The van der Waals surface area contributed by atoms with E-state index in [2.05, 4.69) is 9.97 Å². The highest BCUT2D eigenvalue weighted by atomic mass is 19.1. The second kappa shape index (κ2) is 7.91. The molecule has 0 radical (unpaired) electrons. The predicted molar refractivity (Wildman–Crippen MR) is 107 cm³/mol. The third kappa shape index (κ3) is 3.45. The maximum absolute atomic E-state index is 14.7. The Morgan fingerprint density at radius 2 is 2.13 bits per heavy atom. The molecular weight excluding hydrogens is 387 g/mol. The van der Waals surface area contributed by atoms with Gasteiger partial charge in [-0.1, -0.05) is 6.07 Å². The highest BCUT2D eigenvalue weighted by Gasteiger charge is 2.31. The highest BCUT2D eigenvalue weighted by molar-refractivity contribution is 5.48. The summed E-state index contributed by atoms with van der Waals surface area (Å²) in [5, 5.41) is 9.20. The summed E-state index contributed by atoms with van der Waals surface area (Å²) in [4.78, 5) is 8.12. The number of fused-ring (bicyclic) bond motifs is 2. The normalized spacial score (nSPS) is 19.1. The number of rotatable bonds is 6. The van der Waals surface area contributed by atoms with E-state index in [1.807, 2.05) is 18.2 Å². The molecule has 1 aliphatic heterocycles. The van der Waals surface area contributed by atoms with E-state index >= 15 is 0 Å². The van der Waals surface area contributed by atoms with Crippen molar-refractivity contribution in [3.63, 3.8) is 0 Å². The van der Waals surface area contributed by atoms with E-state index in [4.69, 9.17) is 14.2 Å². The molecule has 2 aromatic carbocycles. The molecule has 0 saturated carbocycles. The van der Waals surface area contributed by atoms with Crippen molar-refractivity contribution in [3.05, 3.63) is 71.4 Å². The van der Waals surface area contributed by atoms with E-state index in [0.29, 0.717) is 48.8 Å². The quantitative estimate of drug-likeness (QED) is 0.654. The molecule has 0 saturated heterocycles. The van der Waals surface area contributed by atoms with Crippen LogP contribution < -0.4 is 14.2 Å². The van der Waals surface area contributed by atoms with Crippen LogP contribution in [0.1, 0.15) is 41.6 Å². The zero-order valence-electron chi connectivity index (χ0n) is 16.3. The van der Waals surface area contributed by atoms with Gasteiger partial charge in [0, 0.05) is 47.7 Å². The summed E-state index contributed by atoms with van der Waals surface area (Å²) in [5.74, 6) is 2.23. The molecule has 2 aliphatic rings. The lowest BCUT2D eigenvalue weighted by atomic mass is 9.98. The molecule has 0 unspecified atom stereocenters. The molecule has 6 nitrogen and oxygen atoms in total. The van der Waals surface area contributed by atoms with E-state index in [9.17, 15) is 9.50 Å². The lowest BCUT2D eigenvalue weighted by Gasteiger charge is -2.17. The fourth-order valence-electron chi connectivity index (χ4n) is 4.20. The van der Waals surface area contributed by atoms with E-state index in [1.54, 1.807) is 18.5 Å². The molecule has 2 atom stereocenters. The predicted octanol–water partition coefficient (Wildman–Crippen LogP) is 4.33. The van der Waals surface area contributed by atoms with Gasteiger partial charge in [0.2, 0.25) is 5.88 Å². The molecule has 5 rings (SSSR count). The third-order valence-electron chi connectivity index (χ3n) is 5.61. The smallest absolute Gasteiger partial charge is 0.237 e. The van der Waals surface area contributed by atoms with Crippen molar-refractivity contribution in [1.82, 2.24) is 9.97 Å². The van der Waals surface area contributed by atoms with Crippen LogP contribution in [0.5, 0.6) is 23.1 Å². The molecule has 0 fully saturated rings. The summed E-state index contributed by atoms with van der Waals surface area (Å²) < 4.78 is 32.4. The number of aromatic nitrogens is 2. The van der Waals surface area contributed by atoms with Crippen molar-refractivity contribution in [3.8, 4) is 23.1 Å². The molecule has 0 spiro atoms. The molecule has 1 aliphatic carbocycles. The third-order valence-corrected chi connectivity index (χ3v) is 5.61. The van der Waals surface area contributed by atoms with Crippen LogP contribution in [0.15, 0.2) is 48.9 Å². The monoisotopic (exact) mass is 408 g/mol. The summed E-state index contributed by atoms with van der Waals surface area (Å²) in [6.45, 7) is 0.687. The number of hydrogen-bond donors (Lipinski definition) is 1. The summed E-state index contributed by atoms with van der Waals surface area (Å²) in [7, 11) is 0. The lowest BCUT2D eigenvalue weighted by Crippen LogP contribution is -2.06. The minimum Gasteiger partial charge on any atom is -0.493 e. The Kier molecular flexibility index (Phi) is 4.96. The Hall–Kier alpha value is -3.19. The molecule has 3 aromatic rings. The minimum absolute atomic E-state index is 0.128. The van der Waals surface area contributed by atoms with Crippen LogP contribution in [0.4, 0.5) is 4.39 Å². The summed E-state index contributed by atoms with van der Waals surface area (Å²) in [6, 6.07) is 8.72. The molecule has 0 amide bonds. The maximum Gasteiger partial charge on any atom is 0.237 e. The van der Waals surface area contributed by atoms with Gasteiger partial charge >= 0.3 is 0 Å². The van der Waals surface area contributed by atoms with E-state index < -0.39 is 6.10 Å². The molecule has 0 bridgehead atoms. The lowest BCUT2D eigenvalue weighted by molar-refractivity contribution is 0.202. The van der Waals surface area contributed by atoms with Gasteiger partial charge in [-0.3, -0.25) is 4.98 Å². The van der Waals surface area contributed by atoms with E-state index in [1.165, 1.54) is 12.3 Å². The number of nitrogens with zero attached hydrogens (tertiary/aromatic N) is 2. The van der Waals surface area contributed by atoms with Gasteiger partial charge in [0.25, 0.3) is 0 Å². The topological polar surface area (TPSA) is 73.7 Å². The number of halogens is 1. The zero-order valence-corrected chi connectivity index (χ0v) is 16.3. The largest absolute Gasteiger partial charge is 0.493 e. The molecule has 7 heteroatoms. The number of aliphatic hydroxyl groups excluding tert-OH is 1. The molecule has 154 valence electrons. The van der Waals surface area contributed by atoms with Crippen molar-refractivity contribution in [2.24, 2.45) is 0 Å². The van der Waals surface area contributed by atoms with E-state index in [-0.39, 0.29) is 18.3 Å². The van der Waals surface area contributed by atoms with Crippen LogP contribution in [0.2, 0.25) is 0 Å². The fraction of sp³-hybridized carbons (Fsp3) is 0.304. The second-order valence-corrected chi connectivity index (χ2v) is 7.45. The highest BCUT2D eigenvalue weighted by Crippen LogP contribution is 2.44. The first-order valence-electron chi connectivity index (χ1n) is 10.0. The van der Waals surface area contributed by atoms with Gasteiger partial charge in [-0.15, -0.1) is 0 Å². The Balaban J connectivity index is 1.38. The van der Waals surface area contributed by atoms with Gasteiger partial charge in [0.1, 0.15) is 29.2 Å². The Morgan fingerprint density at radius 3 is 2.97 bits per heavy atom. The first-order valence-corrected chi connectivity index (χ1v) is 10.0. The second-order valence-electron chi connectivity index (χ2n) is 7.45. The molecule has 30 heavy (non-hydrogen) atoms. The Morgan fingerprint density at radius 1 is 1.20 bits per heavy atom. The standard InChI is InChI=1S/C23H21FN2O4/c24-18-4-6-19(30-22-12-25-8-9-26-22)17-3-5-20(23(17)18)29-15-1-2-16-14(7-10-27)13-28-21(16)11-15/h1-2,4,6,8-9,11-12,14,20,27H,3,5,7,10,13H2/t14-,20-/m1/s1. The van der Waals surface area contributed by atoms with Gasteiger partial charge in [-0.05, 0) is 37.5 Å². The van der Waals surface area contributed by atoms with Crippen LogP contribution in [-0.4, -0.2) is 28.3 Å². The summed E-state index contributed by atoms with van der Waals surface area (Å²) in [5.41, 5.74) is 2.40. The van der Waals surface area contributed by atoms with Gasteiger partial charge in [-0.2, -0.15) is 0 Å². The van der Waals surface area contributed by atoms with Gasteiger partial charge < -0.3 is 19.3 Å². The van der Waals surface area contributed by atoms with Crippen molar-refractivity contribution in [2.45, 2.75) is 31.3 Å². The average molecular weight is 408 g/mol. The van der Waals surface area contributed by atoms with Crippen LogP contribution >= 0.6 is 0 Å². The number of ether oxygens (including phenoxy) is 3. The molecular formula is C23H21FN2O4. The van der Waals surface area contributed by atoms with E-state index in [0.717, 1.165) is 16.9 Å². The van der Waals surface area contributed by atoms with Crippen LogP contribution in [-0.2, 0) is 6.42 Å². The first-order chi connectivity index (χ1) is 14.7. The molecule has 2 heterocycles. The van der Waals surface area contributed by atoms with Crippen LogP contribution in [0.25, 0.3) is 0 Å². The SMILES string of the molecule is OCC[C@@H]1COc2cc(O[C@@H]3CCc4c(Oc5cnccn5)ccc(F)c43)ccc21. The van der Waals surface area contributed by atoms with Crippen molar-refractivity contribution in [2.75, 3.05) is 13.2 Å². The van der Waals surface area contributed by atoms with Gasteiger partial charge in [0.05, 0.1) is 12.8 Å². The maximum atomic E-state index is 14.7. The fourth-order valence-corrected chi connectivity index (χ4v) is 4.20. The average Bonchev–Trinajstić information content (AvgIpc) is 3.36. The minimum atomic E-state index is -0.405. The molecule has 1 N–H and O–H groups in total. The number of hydrogen-bond acceptors (Lipinski definition) is 6. The number of aliphatic hydroxyl groups is 1. The Bertz CT molecular complexity index is 1060. The van der Waals surface area contributed by atoms with Crippen LogP contribution in [0.3, 0.4) is 0 Å². The van der Waals surface area contributed by atoms with Crippen molar-refractivity contribution < 1.29 is 23.7 Å². The summed E-state index contributed by atoms with van der Waals surface area (Å²) in [6.07, 6.45) is 6.20.